The van der Waals surface area contributed by atoms with E-state index in [-0.39, 0.29) is 12.3 Å². The van der Waals surface area contributed by atoms with Gasteiger partial charge in [0.15, 0.2) is 5.69 Å². The Morgan fingerprint density at radius 1 is 1.21 bits per heavy atom. The molecule has 1 aliphatic rings. The molecule has 2 heterocycles. The van der Waals surface area contributed by atoms with Gasteiger partial charge in [-0.2, -0.15) is 0 Å². The zero-order valence-electron chi connectivity index (χ0n) is 13.3. The second-order valence-electron chi connectivity index (χ2n) is 6.17. The highest BCUT2D eigenvalue weighted by molar-refractivity contribution is 5.71. The van der Waals surface area contributed by atoms with Gasteiger partial charge in [0.1, 0.15) is 5.82 Å². The van der Waals surface area contributed by atoms with E-state index in [0.29, 0.717) is 43.0 Å². The molecule has 0 amide bonds. The zero-order valence-corrected chi connectivity index (χ0v) is 13.3. The lowest BCUT2D eigenvalue weighted by atomic mass is 9.89. The van der Waals surface area contributed by atoms with Crippen molar-refractivity contribution < 1.29 is 10.0 Å². The van der Waals surface area contributed by atoms with Crippen LogP contribution in [0.3, 0.4) is 0 Å². The van der Waals surface area contributed by atoms with Crippen LogP contribution in [0.4, 0.5) is 11.5 Å². The van der Waals surface area contributed by atoms with Gasteiger partial charge in [-0.3, -0.25) is 10.1 Å². The van der Waals surface area contributed by atoms with Gasteiger partial charge in [-0.1, -0.05) is 30.3 Å². The van der Waals surface area contributed by atoms with E-state index in [1.165, 1.54) is 6.07 Å². The third-order valence-corrected chi connectivity index (χ3v) is 4.50. The molecule has 1 aliphatic heterocycles. The summed E-state index contributed by atoms with van der Waals surface area (Å²) in [5, 5.41) is 20.7. The maximum Gasteiger partial charge on any atom is 0.295 e. The molecule has 7 nitrogen and oxygen atoms in total. The number of hydrogen-bond acceptors (Lipinski definition) is 6. The summed E-state index contributed by atoms with van der Waals surface area (Å²) >= 11 is 0. The van der Waals surface area contributed by atoms with Gasteiger partial charge in [0.05, 0.1) is 11.5 Å². The lowest BCUT2D eigenvalue weighted by Crippen LogP contribution is -2.53. The van der Waals surface area contributed by atoms with Gasteiger partial charge in [-0.15, -0.1) is 0 Å². The number of aromatic nitrogens is 1. The number of aliphatic hydroxyl groups is 1. The van der Waals surface area contributed by atoms with E-state index in [1.807, 2.05) is 30.3 Å². The summed E-state index contributed by atoms with van der Waals surface area (Å²) in [6.45, 7) is 1.29. The second kappa shape index (κ2) is 6.54. The van der Waals surface area contributed by atoms with Crippen LogP contribution in [-0.4, -0.2) is 40.2 Å². The molecule has 0 spiro atoms. The van der Waals surface area contributed by atoms with Gasteiger partial charge < -0.3 is 15.7 Å². The normalized spacial score (nSPS) is 16.8. The molecule has 1 aromatic heterocycles. The average Bonchev–Trinajstić information content (AvgIpc) is 2.62. The van der Waals surface area contributed by atoms with Crippen LogP contribution in [0.25, 0.3) is 11.3 Å². The molecule has 126 valence electrons. The fourth-order valence-electron chi connectivity index (χ4n) is 2.91. The van der Waals surface area contributed by atoms with Crippen molar-refractivity contribution in [2.45, 2.75) is 18.4 Å². The molecule has 3 N–H and O–H groups in total. The molecule has 0 saturated carbocycles. The number of piperidine rings is 1. The van der Waals surface area contributed by atoms with Gasteiger partial charge in [-0.05, 0) is 18.9 Å². The summed E-state index contributed by atoms with van der Waals surface area (Å²) in [5.74, 6) is 0.694. The quantitative estimate of drug-likeness (QED) is 0.656. The molecular formula is C17H20N4O3. The van der Waals surface area contributed by atoms with Crippen LogP contribution < -0.4 is 10.6 Å². The number of pyridine rings is 1. The highest BCUT2D eigenvalue weighted by Gasteiger charge is 2.31. The van der Waals surface area contributed by atoms with Crippen molar-refractivity contribution in [3.8, 4) is 11.3 Å². The van der Waals surface area contributed by atoms with Crippen molar-refractivity contribution >= 4 is 11.5 Å². The van der Waals surface area contributed by atoms with E-state index in [9.17, 15) is 15.2 Å². The van der Waals surface area contributed by atoms with Crippen molar-refractivity contribution in [1.82, 2.24) is 4.98 Å². The first kappa shape index (κ1) is 16.4. The topological polar surface area (TPSA) is 106 Å². The van der Waals surface area contributed by atoms with E-state index >= 15 is 0 Å². The van der Waals surface area contributed by atoms with E-state index < -0.39 is 10.5 Å². The maximum absolute atomic E-state index is 11.3. The minimum Gasteiger partial charge on any atom is -0.394 e. The summed E-state index contributed by atoms with van der Waals surface area (Å²) in [6, 6.07) is 12.3. The van der Waals surface area contributed by atoms with Crippen molar-refractivity contribution in [3.05, 3.63) is 52.6 Å². The molecule has 0 bridgehead atoms. The molecule has 24 heavy (non-hydrogen) atoms. The van der Waals surface area contributed by atoms with Crippen LogP contribution in [0.5, 0.6) is 0 Å². The monoisotopic (exact) mass is 328 g/mol. The van der Waals surface area contributed by atoms with Crippen LogP contribution in [0.1, 0.15) is 12.8 Å². The van der Waals surface area contributed by atoms with Gasteiger partial charge in [0, 0.05) is 30.3 Å². The van der Waals surface area contributed by atoms with E-state index in [1.54, 1.807) is 6.07 Å². The molecule has 1 aromatic carbocycles. The maximum atomic E-state index is 11.3. The number of nitrogens with two attached hydrogens (primary N) is 1. The van der Waals surface area contributed by atoms with Crippen LogP contribution in [-0.2, 0) is 0 Å². The van der Waals surface area contributed by atoms with Gasteiger partial charge in [-0.25, -0.2) is 4.98 Å². The summed E-state index contributed by atoms with van der Waals surface area (Å²) < 4.78 is 0. The first-order chi connectivity index (χ1) is 11.5. The number of benzene rings is 1. The lowest BCUT2D eigenvalue weighted by molar-refractivity contribution is -0.384. The average molecular weight is 328 g/mol. The molecule has 3 rings (SSSR count). The van der Waals surface area contributed by atoms with Gasteiger partial charge in [0.2, 0.25) is 0 Å². The highest BCUT2D eigenvalue weighted by Crippen LogP contribution is 2.31. The van der Waals surface area contributed by atoms with Crippen LogP contribution in [0.15, 0.2) is 42.5 Å². The zero-order chi connectivity index (χ0) is 17.2. The fourth-order valence-corrected chi connectivity index (χ4v) is 2.91. The van der Waals surface area contributed by atoms with Crippen molar-refractivity contribution in [1.29, 1.82) is 0 Å². The van der Waals surface area contributed by atoms with Crippen LogP contribution >= 0.6 is 0 Å². The Morgan fingerprint density at radius 2 is 1.88 bits per heavy atom. The number of rotatable bonds is 4. The Hall–Kier alpha value is -2.51. The molecular weight excluding hydrogens is 308 g/mol. The molecule has 0 atom stereocenters. The molecule has 1 saturated heterocycles. The third-order valence-electron chi connectivity index (χ3n) is 4.50. The highest BCUT2D eigenvalue weighted by atomic mass is 16.6. The fraction of sp³-hybridized carbons (Fsp3) is 0.353. The van der Waals surface area contributed by atoms with Crippen LogP contribution in [0, 0.1) is 10.1 Å². The Balaban J connectivity index is 1.93. The smallest absolute Gasteiger partial charge is 0.295 e. The number of hydrogen-bond donors (Lipinski definition) is 2. The minimum absolute atomic E-state index is 0.00881. The molecule has 7 heteroatoms. The molecule has 0 radical (unpaired) electrons. The molecule has 0 unspecified atom stereocenters. The Bertz CT molecular complexity index is 728. The van der Waals surface area contributed by atoms with E-state index in [0.717, 1.165) is 0 Å². The summed E-state index contributed by atoms with van der Waals surface area (Å²) in [5.41, 5.74) is 6.63. The number of anilines is 1. The Morgan fingerprint density at radius 3 is 2.46 bits per heavy atom. The number of nitrogens with zero attached hydrogens (tertiary/aromatic N) is 3. The molecule has 1 fully saturated rings. The Labute approximate surface area is 139 Å². The van der Waals surface area contributed by atoms with Crippen molar-refractivity contribution in [2.75, 3.05) is 24.6 Å². The van der Waals surface area contributed by atoms with Crippen LogP contribution in [0.2, 0.25) is 0 Å². The Kier molecular flexibility index (Phi) is 4.46. The number of aliphatic hydroxyl groups excluding tert-OH is 1. The molecule has 2 aromatic rings. The standard InChI is InChI=1S/C17H20N4O3/c18-17(12-22)8-10-20(11-9-17)15-7-6-14(21(23)24)16(19-15)13-4-2-1-3-5-13/h1-7,22H,8-12,18H2. The first-order valence-corrected chi connectivity index (χ1v) is 7.88. The summed E-state index contributed by atoms with van der Waals surface area (Å²) in [4.78, 5) is 17.5. The first-order valence-electron chi connectivity index (χ1n) is 7.88. The van der Waals surface area contributed by atoms with E-state index in [2.05, 4.69) is 9.88 Å². The van der Waals surface area contributed by atoms with E-state index in [4.69, 9.17) is 5.73 Å². The molecule has 0 aliphatic carbocycles. The van der Waals surface area contributed by atoms with Gasteiger partial charge in [0.25, 0.3) is 5.69 Å². The predicted octanol–water partition coefficient (Wildman–Crippen LogP) is 1.95. The van der Waals surface area contributed by atoms with Crippen molar-refractivity contribution in [3.63, 3.8) is 0 Å². The predicted molar refractivity (Wildman–Crippen MR) is 91.8 cm³/mol. The summed E-state index contributed by atoms with van der Waals surface area (Å²) in [6.07, 6.45) is 1.31. The minimum atomic E-state index is -0.542. The largest absolute Gasteiger partial charge is 0.394 e. The SMILES string of the molecule is NC1(CO)CCN(c2ccc([N+](=O)[O-])c(-c3ccccc3)n2)CC1. The van der Waals surface area contributed by atoms with Crippen molar-refractivity contribution in [2.24, 2.45) is 5.73 Å². The van der Waals surface area contributed by atoms with Gasteiger partial charge >= 0.3 is 0 Å². The second-order valence-corrected chi connectivity index (χ2v) is 6.17. The lowest BCUT2D eigenvalue weighted by Gasteiger charge is -2.38. The number of nitro groups is 1. The third kappa shape index (κ3) is 3.22. The summed E-state index contributed by atoms with van der Waals surface area (Å²) in [7, 11) is 0.